The minimum atomic E-state index is -3.52. The first-order valence-electron chi connectivity index (χ1n) is 4.16. The topological polar surface area (TPSA) is 107 Å². The molecule has 1 aromatic rings. The van der Waals surface area contributed by atoms with Crippen molar-refractivity contribution in [2.75, 3.05) is 17.6 Å². The standard InChI is InChI=1S/C7H12N4O3S/c1-11-4-2-9-6(7(11)12)10-3-5-15(8,13)14/h2,4H,3,5H2,1H3,(H,9,10)(H2,8,13,14). The molecule has 0 aromatic carbocycles. The Morgan fingerprint density at radius 3 is 2.87 bits per heavy atom. The van der Waals surface area contributed by atoms with Gasteiger partial charge in [0.15, 0.2) is 5.82 Å². The van der Waals surface area contributed by atoms with E-state index in [1.54, 1.807) is 7.05 Å². The summed E-state index contributed by atoms with van der Waals surface area (Å²) in [6.07, 6.45) is 2.95. The Morgan fingerprint density at radius 2 is 2.27 bits per heavy atom. The molecule has 0 saturated carbocycles. The Hall–Kier alpha value is -1.41. The maximum absolute atomic E-state index is 11.4. The number of nitrogens with one attached hydrogen (secondary N) is 1. The first-order valence-corrected chi connectivity index (χ1v) is 5.87. The number of nitrogens with two attached hydrogens (primary N) is 1. The largest absolute Gasteiger partial charge is 0.364 e. The molecule has 8 heteroatoms. The first-order chi connectivity index (χ1) is 6.90. The van der Waals surface area contributed by atoms with Crippen molar-refractivity contribution in [1.82, 2.24) is 9.55 Å². The van der Waals surface area contributed by atoms with Crippen molar-refractivity contribution in [2.45, 2.75) is 0 Å². The van der Waals surface area contributed by atoms with E-state index in [1.165, 1.54) is 17.0 Å². The fourth-order valence-electron chi connectivity index (χ4n) is 0.931. The number of aryl methyl sites for hydroxylation is 1. The number of rotatable bonds is 4. The summed E-state index contributed by atoms with van der Waals surface area (Å²) in [5.74, 6) is -0.129. The van der Waals surface area contributed by atoms with Crippen LogP contribution in [0.2, 0.25) is 0 Å². The SMILES string of the molecule is Cn1ccnc(NCCS(N)(=O)=O)c1=O. The molecular weight excluding hydrogens is 220 g/mol. The van der Waals surface area contributed by atoms with Crippen LogP contribution in [0.4, 0.5) is 5.82 Å². The molecule has 0 spiro atoms. The molecule has 0 aliphatic rings. The van der Waals surface area contributed by atoms with Crippen LogP contribution < -0.4 is 16.0 Å². The highest BCUT2D eigenvalue weighted by Crippen LogP contribution is 1.90. The summed E-state index contributed by atoms with van der Waals surface area (Å²) in [5.41, 5.74) is -0.313. The summed E-state index contributed by atoms with van der Waals surface area (Å²) in [6.45, 7) is 0.0606. The van der Waals surface area contributed by atoms with Crippen molar-refractivity contribution >= 4 is 15.8 Å². The minimum absolute atomic E-state index is 0.0606. The number of primary sulfonamides is 1. The number of sulfonamides is 1. The van der Waals surface area contributed by atoms with Gasteiger partial charge in [0, 0.05) is 26.0 Å². The maximum atomic E-state index is 11.4. The summed E-state index contributed by atoms with van der Waals surface area (Å²) in [4.78, 5) is 15.2. The van der Waals surface area contributed by atoms with Crippen molar-refractivity contribution in [2.24, 2.45) is 12.2 Å². The lowest BCUT2D eigenvalue weighted by Crippen LogP contribution is -2.27. The maximum Gasteiger partial charge on any atom is 0.293 e. The van der Waals surface area contributed by atoms with Gasteiger partial charge in [-0.25, -0.2) is 18.5 Å². The van der Waals surface area contributed by atoms with Crippen LogP contribution >= 0.6 is 0 Å². The van der Waals surface area contributed by atoms with Crippen LogP contribution in [-0.2, 0) is 17.1 Å². The van der Waals surface area contributed by atoms with Gasteiger partial charge in [0.2, 0.25) is 10.0 Å². The van der Waals surface area contributed by atoms with Gasteiger partial charge in [-0.15, -0.1) is 0 Å². The molecule has 1 aromatic heterocycles. The van der Waals surface area contributed by atoms with Gasteiger partial charge in [0.1, 0.15) is 0 Å². The predicted octanol–water partition coefficient (Wildman–Crippen LogP) is -1.52. The molecule has 84 valence electrons. The molecule has 3 N–H and O–H groups in total. The highest BCUT2D eigenvalue weighted by molar-refractivity contribution is 7.89. The second-order valence-corrected chi connectivity index (χ2v) is 4.72. The molecule has 0 unspecified atom stereocenters. The van der Waals surface area contributed by atoms with Crippen molar-refractivity contribution in [3.8, 4) is 0 Å². The normalized spacial score (nSPS) is 11.3. The van der Waals surface area contributed by atoms with Crippen molar-refractivity contribution in [1.29, 1.82) is 0 Å². The van der Waals surface area contributed by atoms with Gasteiger partial charge in [-0.1, -0.05) is 0 Å². The molecule has 0 bridgehead atoms. The molecule has 0 fully saturated rings. The van der Waals surface area contributed by atoms with E-state index in [1.807, 2.05) is 0 Å². The Kier molecular flexibility index (Phi) is 3.43. The number of hydrogen-bond acceptors (Lipinski definition) is 5. The number of hydrogen-bond donors (Lipinski definition) is 2. The summed E-state index contributed by atoms with van der Waals surface area (Å²) < 4.78 is 22.6. The van der Waals surface area contributed by atoms with Gasteiger partial charge in [0.25, 0.3) is 5.56 Å². The van der Waals surface area contributed by atoms with Crippen LogP contribution in [0.15, 0.2) is 17.2 Å². The van der Waals surface area contributed by atoms with Crippen molar-refractivity contribution in [3.05, 3.63) is 22.7 Å². The first kappa shape index (κ1) is 11.7. The van der Waals surface area contributed by atoms with E-state index < -0.39 is 10.0 Å². The summed E-state index contributed by atoms with van der Waals surface area (Å²) >= 11 is 0. The average molecular weight is 232 g/mol. The van der Waals surface area contributed by atoms with Gasteiger partial charge in [0.05, 0.1) is 5.75 Å². The summed E-state index contributed by atoms with van der Waals surface area (Å²) in [7, 11) is -1.94. The Labute approximate surface area is 87.0 Å². The van der Waals surface area contributed by atoms with E-state index in [0.717, 1.165) is 0 Å². The molecule has 15 heavy (non-hydrogen) atoms. The van der Waals surface area contributed by atoms with E-state index in [9.17, 15) is 13.2 Å². The van der Waals surface area contributed by atoms with Crippen LogP contribution in [0, 0.1) is 0 Å². The lowest BCUT2D eigenvalue weighted by Gasteiger charge is -2.04. The fraction of sp³-hybridized carbons (Fsp3) is 0.429. The fourth-order valence-corrected chi connectivity index (χ4v) is 1.32. The third-order valence-corrected chi connectivity index (χ3v) is 2.47. The lowest BCUT2D eigenvalue weighted by atomic mass is 10.6. The second-order valence-electron chi connectivity index (χ2n) is 2.99. The van der Waals surface area contributed by atoms with E-state index in [0.29, 0.717) is 0 Å². The zero-order valence-electron chi connectivity index (χ0n) is 8.17. The lowest BCUT2D eigenvalue weighted by molar-refractivity contribution is 0.598. The molecular formula is C7H12N4O3S. The van der Waals surface area contributed by atoms with Crippen molar-refractivity contribution < 1.29 is 8.42 Å². The summed E-state index contributed by atoms with van der Waals surface area (Å²) in [5, 5.41) is 7.40. The van der Waals surface area contributed by atoms with E-state index >= 15 is 0 Å². The highest BCUT2D eigenvalue weighted by atomic mass is 32.2. The number of aromatic nitrogens is 2. The second kappa shape index (κ2) is 4.41. The van der Waals surface area contributed by atoms with Crippen LogP contribution in [-0.4, -0.2) is 30.3 Å². The number of anilines is 1. The third kappa shape index (κ3) is 3.68. The molecule has 1 heterocycles. The molecule has 0 saturated heterocycles. The molecule has 0 amide bonds. The van der Waals surface area contributed by atoms with Crippen molar-refractivity contribution in [3.63, 3.8) is 0 Å². The third-order valence-electron chi connectivity index (χ3n) is 1.70. The van der Waals surface area contributed by atoms with Gasteiger partial charge in [-0.05, 0) is 0 Å². The molecule has 0 radical (unpaired) electrons. The number of nitrogens with zero attached hydrogens (tertiary/aromatic N) is 2. The molecule has 0 atom stereocenters. The van der Waals surface area contributed by atoms with E-state index in [-0.39, 0.29) is 23.7 Å². The van der Waals surface area contributed by atoms with Gasteiger partial charge in [-0.2, -0.15) is 0 Å². The smallest absolute Gasteiger partial charge is 0.293 e. The molecule has 0 aliphatic heterocycles. The zero-order chi connectivity index (χ0) is 11.5. The van der Waals surface area contributed by atoms with Gasteiger partial charge < -0.3 is 9.88 Å². The van der Waals surface area contributed by atoms with Crippen LogP contribution in [0.3, 0.4) is 0 Å². The van der Waals surface area contributed by atoms with E-state index in [4.69, 9.17) is 5.14 Å². The Morgan fingerprint density at radius 1 is 1.60 bits per heavy atom. The molecule has 1 rings (SSSR count). The van der Waals surface area contributed by atoms with E-state index in [2.05, 4.69) is 10.3 Å². The van der Waals surface area contributed by atoms with Gasteiger partial charge >= 0.3 is 0 Å². The minimum Gasteiger partial charge on any atom is -0.364 e. The molecule has 7 nitrogen and oxygen atoms in total. The Balaban J connectivity index is 2.67. The van der Waals surface area contributed by atoms with Crippen LogP contribution in [0.1, 0.15) is 0 Å². The zero-order valence-corrected chi connectivity index (χ0v) is 8.99. The predicted molar refractivity (Wildman–Crippen MR) is 55.9 cm³/mol. The summed E-state index contributed by atoms with van der Waals surface area (Å²) in [6, 6.07) is 0. The van der Waals surface area contributed by atoms with Crippen LogP contribution in [0.5, 0.6) is 0 Å². The highest BCUT2D eigenvalue weighted by Gasteiger charge is 2.04. The quantitative estimate of drug-likeness (QED) is 0.655. The Bertz CT molecular complexity index is 493. The van der Waals surface area contributed by atoms with Gasteiger partial charge in [-0.3, -0.25) is 4.79 Å². The molecule has 0 aliphatic carbocycles. The monoisotopic (exact) mass is 232 g/mol. The average Bonchev–Trinajstić information content (AvgIpc) is 2.10. The van der Waals surface area contributed by atoms with Crippen LogP contribution in [0.25, 0.3) is 0 Å².